The van der Waals surface area contributed by atoms with Crippen LogP contribution in [0, 0.1) is 5.92 Å². The van der Waals surface area contributed by atoms with Crippen molar-refractivity contribution >= 4 is 33.2 Å². The lowest BCUT2D eigenvalue weighted by atomic mass is 9.87. The zero-order chi connectivity index (χ0) is 23.2. The number of hydrogen-bond donors (Lipinski definition) is 1. The first-order valence-electron chi connectivity index (χ1n) is 10.5. The zero-order valence-electron chi connectivity index (χ0n) is 18.7. The van der Waals surface area contributed by atoms with E-state index in [0.717, 1.165) is 5.56 Å². The number of rotatable bonds is 10. The van der Waals surface area contributed by atoms with Crippen molar-refractivity contribution in [1.29, 1.82) is 0 Å². The highest BCUT2D eigenvalue weighted by atomic mass is 35.5. The Kier molecular flexibility index (Phi) is 8.91. The van der Waals surface area contributed by atoms with Crippen LogP contribution in [0.25, 0.3) is 0 Å². The predicted octanol–water partition coefficient (Wildman–Crippen LogP) is 5.15. The number of benzene rings is 2. The number of carbonyl (C=O) groups is 1. The fraction of sp³-hybridized carbons (Fsp3) is 0.435. The molecule has 0 saturated heterocycles. The van der Waals surface area contributed by atoms with E-state index < -0.39 is 15.9 Å². The second-order valence-corrected chi connectivity index (χ2v) is 9.82. The van der Waals surface area contributed by atoms with E-state index in [4.69, 9.17) is 16.3 Å². The van der Waals surface area contributed by atoms with Crippen molar-refractivity contribution in [3.63, 3.8) is 0 Å². The monoisotopic (exact) mass is 466 g/mol. The SMILES string of the molecule is CCOc1ccc(S(=O)(=O)N(CC)CC)cc1NC(=O)C(c1ccc(Cl)cc1)C(C)C. The third-order valence-corrected chi connectivity index (χ3v) is 7.33. The van der Waals surface area contributed by atoms with Gasteiger partial charge < -0.3 is 10.1 Å². The number of nitrogens with zero attached hydrogens (tertiary/aromatic N) is 1. The molecule has 1 amide bonds. The Balaban J connectivity index is 2.45. The smallest absolute Gasteiger partial charge is 0.243 e. The van der Waals surface area contributed by atoms with E-state index in [-0.39, 0.29) is 16.7 Å². The van der Waals surface area contributed by atoms with E-state index in [1.807, 2.05) is 32.9 Å². The molecule has 2 rings (SSSR count). The second-order valence-electron chi connectivity index (χ2n) is 7.44. The van der Waals surface area contributed by atoms with Gasteiger partial charge in [-0.15, -0.1) is 0 Å². The molecule has 31 heavy (non-hydrogen) atoms. The summed E-state index contributed by atoms with van der Waals surface area (Å²) in [5.41, 5.74) is 1.17. The zero-order valence-corrected chi connectivity index (χ0v) is 20.3. The molecule has 8 heteroatoms. The summed E-state index contributed by atoms with van der Waals surface area (Å²) in [6, 6.07) is 11.7. The predicted molar refractivity (Wildman–Crippen MR) is 125 cm³/mol. The summed E-state index contributed by atoms with van der Waals surface area (Å²) in [5.74, 6) is -0.238. The van der Waals surface area contributed by atoms with Gasteiger partial charge in [-0.3, -0.25) is 4.79 Å². The van der Waals surface area contributed by atoms with Gasteiger partial charge in [0.15, 0.2) is 0 Å². The summed E-state index contributed by atoms with van der Waals surface area (Å²) in [5, 5.41) is 3.49. The molecule has 0 saturated carbocycles. The Morgan fingerprint density at radius 1 is 1.06 bits per heavy atom. The number of nitrogens with one attached hydrogen (secondary N) is 1. The van der Waals surface area contributed by atoms with Crippen LogP contribution in [0.3, 0.4) is 0 Å². The molecule has 170 valence electrons. The molecule has 0 bridgehead atoms. The van der Waals surface area contributed by atoms with Crippen LogP contribution in [0.1, 0.15) is 46.1 Å². The molecule has 0 aliphatic carbocycles. The topological polar surface area (TPSA) is 75.7 Å². The molecule has 2 aromatic rings. The van der Waals surface area contributed by atoms with Gasteiger partial charge in [-0.05, 0) is 48.7 Å². The number of sulfonamides is 1. The standard InChI is InChI=1S/C23H31ClN2O4S/c1-6-26(7-2)31(28,29)19-13-14-21(30-8-3)20(15-19)25-23(27)22(16(4)5)17-9-11-18(24)12-10-17/h9-16,22H,6-8H2,1-5H3,(H,25,27). The first kappa shape index (κ1) is 25.2. The lowest BCUT2D eigenvalue weighted by molar-refractivity contribution is -0.118. The van der Waals surface area contributed by atoms with Gasteiger partial charge in [0.2, 0.25) is 15.9 Å². The number of hydrogen-bond acceptors (Lipinski definition) is 4. The quantitative estimate of drug-likeness (QED) is 0.525. The van der Waals surface area contributed by atoms with Gasteiger partial charge in [-0.1, -0.05) is 51.4 Å². The van der Waals surface area contributed by atoms with Crippen LogP contribution < -0.4 is 10.1 Å². The lowest BCUT2D eigenvalue weighted by Gasteiger charge is -2.23. The normalized spacial score (nSPS) is 12.8. The molecule has 6 nitrogen and oxygen atoms in total. The Bertz CT molecular complexity index is 987. The maximum absolute atomic E-state index is 13.2. The number of carbonyl (C=O) groups excluding carboxylic acids is 1. The maximum Gasteiger partial charge on any atom is 0.243 e. The number of halogens is 1. The summed E-state index contributed by atoms with van der Waals surface area (Å²) in [6.07, 6.45) is 0. The average molecular weight is 467 g/mol. The molecule has 1 unspecified atom stereocenters. The highest BCUT2D eigenvalue weighted by Crippen LogP contribution is 2.32. The fourth-order valence-electron chi connectivity index (χ4n) is 3.48. The van der Waals surface area contributed by atoms with Crippen molar-refractivity contribution in [3.05, 3.63) is 53.1 Å². The minimum atomic E-state index is -3.67. The summed E-state index contributed by atoms with van der Waals surface area (Å²) < 4.78 is 32.9. The Hall–Kier alpha value is -2.09. The van der Waals surface area contributed by atoms with Crippen molar-refractivity contribution in [2.24, 2.45) is 5.92 Å². The van der Waals surface area contributed by atoms with Crippen LogP contribution in [0.5, 0.6) is 5.75 Å². The van der Waals surface area contributed by atoms with Gasteiger partial charge in [0.1, 0.15) is 5.75 Å². The summed E-state index contributed by atoms with van der Waals surface area (Å²) >= 11 is 5.99. The molecule has 0 aliphatic rings. The van der Waals surface area contributed by atoms with Gasteiger partial charge in [0.05, 0.1) is 23.1 Å². The number of ether oxygens (including phenoxy) is 1. The van der Waals surface area contributed by atoms with Crippen LogP contribution in [0.2, 0.25) is 5.02 Å². The molecule has 1 N–H and O–H groups in total. The summed E-state index contributed by atoms with van der Waals surface area (Å²) in [7, 11) is -3.67. The van der Waals surface area contributed by atoms with Gasteiger partial charge in [0.25, 0.3) is 0 Å². The molecule has 0 fully saturated rings. The second kappa shape index (κ2) is 11.0. The van der Waals surface area contributed by atoms with E-state index in [2.05, 4.69) is 5.32 Å². The van der Waals surface area contributed by atoms with Gasteiger partial charge in [-0.25, -0.2) is 8.42 Å². The van der Waals surface area contributed by atoms with Crippen LogP contribution in [0.15, 0.2) is 47.4 Å². The third kappa shape index (κ3) is 5.99. The molecule has 0 heterocycles. The van der Waals surface area contributed by atoms with Gasteiger partial charge in [-0.2, -0.15) is 4.31 Å². The van der Waals surface area contributed by atoms with Crippen LogP contribution in [0.4, 0.5) is 5.69 Å². The van der Waals surface area contributed by atoms with Crippen molar-refractivity contribution in [2.45, 2.75) is 45.4 Å². The molecule has 0 aromatic heterocycles. The number of anilines is 1. The molecule has 0 aliphatic heterocycles. The molecule has 0 radical (unpaired) electrons. The van der Waals surface area contributed by atoms with Crippen molar-refractivity contribution in [3.8, 4) is 5.75 Å². The molecule has 0 spiro atoms. The fourth-order valence-corrected chi connectivity index (χ4v) is 5.09. The molecule has 2 aromatic carbocycles. The van der Waals surface area contributed by atoms with Crippen molar-refractivity contribution < 1.29 is 17.9 Å². The van der Waals surface area contributed by atoms with Crippen LogP contribution >= 0.6 is 11.6 Å². The van der Waals surface area contributed by atoms with Crippen molar-refractivity contribution in [2.75, 3.05) is 25.0 Å². The minimum absolute atomic E-state index is 0.0132. The number of amides is 1. The Morgan fingerprint density at radius 2 is 1.68 bits per heavy atom. The Labute approximate surface area is 190 Å². The average Bonchev–Trinajstić information content (AvgIpc) is 2.71. The van der Waals surface area contributed by atoms with E-state index in [9.17, 15) is 13.2 Å². The summed E-state index contributed by atoms with van der Waals surface area (Å²) in [6.45, 7) is 10.4. The van der Waals surface area contributed by atoms with E-state index >= 15 is 0 Å². The summed E-state index contributed by atoms with van der Waals surface area (Å²) in [4.78, 5) is 13.4. The molecular formula is C23H31ClN2O4S. The van der Waals surface area contributed by atoms with E-state index in [1.54, 1.807) is 32.0 Å². The third-order valence-electron chi connectivity index (χ3n) is 5.03. The van der Waals surface area contributed by atoms with Gasteiger partial charge in [0, 0.05) is 18.1 Å². The maximum atomic E-state index is 13.2. The Morgan fingerprint density at radius 3 is 2.19 bits per heavy atom. The van der Waals surface area contributed by atoms with Crippen LogP contribution in [-0.4, -0.2) is 38.3 Å². The molecule has 1 atom stereocenters. The molecular weight excluding hydrogens is 436 g/mol. The van der Waals surface area contributed by atoms with Gasteiger partial charge >= 0.3 is 0 Å². The van der Waals surface area contributed by atoms with E-state index in [1.165, 1.54) is 16.4 Å². The first-order valence-corrected chi connectivity index (χ1v) is 12.3. The van der Waals surface area contributed by atoms with E-state index in [0.29, 0.717) is 36.2 Å². The highest BCUT2D eigenvalue weighted by molar-refractivity contribution is 7.89. The van der Waals surface area contributed by atoms with Crippen molar-refractivity contribution in [1.82, 2.24) is 4.31 Å². The first-order chi connectivity index (χ1) is 14.6. The minimum Gasteiger partial charge on any atom is -0.492 e. The lowest BCUT2D eigenvalue weighted by Crippen LogP contribution is -2.31. The van der Waals surface area contributed by atoms with Crippen LogP contribution in [-0.2, 0) is 14.8 Å². The largest absolute Gasteiger partial charge is 0.492 e. The highest BCUT2D eigenvalue weighted by Gasteiger charge is 2.27.